The number of benzene rings is 1. The quantitative estimate of drug-likeness (QED) is 0.612. The number of aromatic nitrogens is 1. The third-order valence-electron chi connectivity index (χ3n) is 5.30. The Kier molecular flexibility index (Phi) is 4.97. The van der Waals surface area contributed by atoms with E-state index in [1.165, 1.54) is 13.3 Å². The fourth-order valence-electron chi connectivity index (χ4n) is 3.73. The molecular formula is C19H20ClFN4O4. The van der Waals surface area contributed by atoms with Gasteiger partial charge in [-0.1, -0.05) is 11.6 Å². The van der Waals surface area contributed by atoms with Crippen molar-refractivity contribution >= 4 is 34.2 Å². The number of hydroxylamine groups is 1. The number of hydrogen-bond acceptors (Lipinski definition) is 6. The van der Waals surface area contributed by atoms with E-state index >= 15 is 4.39 Å². The molecular weight excluding hydrogens is 403 g/mol. The fraction of sp³-hybridized carbons (Fsp3) is 0.368. The first-order valence-electron chi connectivity index (χ1n) is 9.14. The van der Waals surface area contributed by atoms with E-state index in [2.05, 4.69) is 5.48 Å². The third-order valence-corrected chi connectivity index (χ3v) is 5.66. The molecule has 1 saturated carbocycles. The van der Waals surface area contributed by atoms with Gasteiger partial charge < -0.3 is 20.3 Å². The molecule has 1 aliphatic heterocycles. The first kappa shape index (κ1) is 19.7. The van der Waals surface area contributed by atoms with E-state index in [1.807, 2.05) is 0 Å². The van der Waals surface area contributed by atoms with Gasteiger partial charge in [0.1, 0.15) is 11.4 Å². The van der Waals surface area contributed by atoms with Gasteiger partial charge in [-0.15, -0.1) is 0 Å². The number of carboxylic acids is 1. The van der Waals surface area contributed by atoms with Gasteiger partial charge in [-0.25, -0.2) is 9.18 Å². The van der Waals surface area contributed by atoms with Crippen LogP contribution in [0.15, 0.2) is 29.0 Å². The Balaban J connectivity index is 1.94. The maximum Gasteiger partial charge on any atom is 0.341 e. The molecule has 1 aromatic carbocycles. The van der Waals surface area contributed by atoms with Crippen molar-refractivity contribution < 1.29 is 19.1 Å². The number of fused-ring (bicyclic) bond motifs is 1. The van der Waals surface area contributed by atoms with Crippen LogP contribution in [-0.2, 0) is 4.84 Å². The number of hydrogen-bond donors (Lipinski definition) is 3. The summed E-state index contributed by atoms with van der Waals surface area (Å²) in [6, 6.07) is 1.10. The fourth-order valence-corrected chi connectivity index (χ4v) is 4.13. The van der Waals surface area contributed by atoms with Crippen LogP contribution in [0.4, 0.5) is 10.1 Å². The summed E-state index contributed by atoms with van der Waals surface area (Å²) in [5.74, 6) is -2.17. The topological polar surface area (TPSA) is 110 Å². The Hall–Kier alpha value is -2.62. The zero-order chi connectivity index (χ0) is 20.9. The van der Waals surface area contributed by atoms with E-state index in [0.717, 1.165) is 18.9 Å². The summed E-state index contributed by atoms with van der Waals surface area (Å²) in [5.41, 5.74) is 8.54. The first-order valence-corrected chi connectivity index (χ1v) is 9.52. The van der Waals surface area contributed by atoms with Crippen molar-refractivity contribution in [3.05, 3.63) is 50.8 Å². The molecule has 4 rings (SSSR count). The maximum absolute atomic E-state index is 15.1. The summed E-state index contributed by atoms with van der Waals surface area (Å²) in [6.07, 6.45) is 4.64. The average molecular weight is 423 g/mol. The summed E-state index contributed by atoms with van der Waals surface area (Å²) in [4.78, 5) is 30.7. The van der Waals surface area contributed by atoms with E-state index in [4.69, 9.17) is 22.2 Å². The molecule has 1 aliphatic carbocycles. The molecule has 10 heteroatoms. The van der Waals surface area contributed by atoms with E-state index in [-0.39, 0.29) is 28.1 Å². The minimum Gasteiger partial charge on any atom is -0.477 e. The summed E-state index contributed by atoms with van der Waals surface area (Å²) in [5, 5.41) is 9.38. The van der Waals surface area contributed by atoms with Gasteiger partial charge in [-0.05, 0) is 18.9 Å². The van der Waals surface area contributed by atoms with Gasteiger partial charge in [0.2, 0.25) is 5.43 Å². The van der Waals surface area contributed by atoms with Crippen LogP contribution in [0.25, 0.3) is 10.9 Å². The van der Waals surface area contributed by atoms with Gasteiger partial charge in [0.05, 0.1) is 34.4 Å². The normalized spacial score (nSPS) is 19.0. The summed E-state index contributed by atoms with van der Waals surface area (Å²) < 4.78 is 16.8. The lowest BCUT2D eigenvalue weighted by Gasteiger charge is -2.22. The van der Waals surface area contributed by atoms with Crippen molar-refractivity contribution in [1.29, 1.82) is 0 Å². The number of nitrogens with two attached hydrogens (primary N) is 1. The molecule has 1 unspecified atom stereocenters. The van der Waals surface area contributed by atoms with Gasteiger partial charge in [-0.2, -0.15) is 0 Å². The van der Waals surface area contributed by atoms with Crippen LogP contribution >= 0.6 is 11.6 Å². The molecule has 1 aromatic heterocycles. The number of anilines is 1. The molecule has 8 nitrogen and oxygen atoms in total. The predicted molar refractivity (Wildman–Crippen MR) is 107 cm³/mol. The summed E-state index contributed by atoms with van der Waals surface area (Å²) in [6.45, 7) is 0.700. The first-order chi connectivity index (χ1) is 13.9. The Morgan fingerprint density at radius 3 is 2.79 bits per heavy atom. The highest BCUT2D eigenvalue weighted by Gasteiger charge is 2.32. The molecule has 2 aliphatic rings. The molecule has 1 fully saturated rings. The molecule has 0 radical (unpaired) electrons. The predicted octanol–water partition coefficient (Wildman–Crippen LogP) is 2.21. The molecule has 0 amide bonds. The van der Waals surface area contributed by atoms with E-state index in [0.29, 0.717) is 24.3 Å². The molecule has 2 aromatic rings. The zero-order valence-corrected chi connectivity index (χ0v) is 16.4. The Morgan fingerprint density at radius 2 is 2.21 bits per heavy atom. The number of carbonyl (C=O) groups is 1. The average Bonchev–Trinajstić information content (AvgIpc) is 3.44. The lowest BCUT2D eigenvalue weighted by molar-refractivity contribution is 0.0695. The Bertz CT molecular complexity index is 1100. The molecule has 2 heterocycles. The minimum absolute atomic E-state index is 0.0311. The van der Waals surface area contributed by atoms with Crippen LogP contribution in [0.5, 0.6) is 0 Å². The highest BCUT2D eigenvalue weighted by atomic mass is 35.5. The molecule has 0 bridgehead atoms. The smallest absolute Gasteiger partial charge is 0.341 e. The number of nitrogens with one attached hydrogen (secondary N) is 1. The molecule has 0 saturated heterocycles. The van der Waals surface area contributed by atoms with Gasteiger partial charge in [0.15, 0.2) is 0 Å². The van der Waals surface area contributed by atoms with Gasteiger partial charge >= 0.3 is 5.97 Å². The number of pyridine rings is 1. The van der Waals surface area contributed by atoms with Gasteiger partial charge in [0.25, 0.3) is 0 Å². The van der Waals surface area contributed by atoms with E-state index in [9.17, 15) is 14.7 Å². The van der Waals surface area contributed by atoms with Crippen LogP contribution in [0.1, 0.15) is 29.2 Å². The lowest BCUT2D eigenvalue weighted by Crippen LogP contribution is -2.27. The summed E-state index contributed by atoms with van der Waals surface area (Å²) in [7, 11) is 1.47. The van der Waals surface area contributed by atoms with Crippen LogP contribution in [-0.4, -0.2) is 35.8 Å². The largest absolute Gasteiger partial charge is 0.477 e. The van der Waals surface area contributed by atoms with Crippen molar-refractivity contribution in [3.63, 3.8) is 0 Å². The number of aromatic carboxylic acids is 1. The Morgan fingerprint density at radius 1 is 1.48 bits per heavy atom. The monoisotopic (exact) mass is 422 g/mol. The minimum atomic E-state index is -1.35. The van der Waals surface area contributed by atoms with Gasteiger partial charge in [-0.3, -0.25) is 15.1 Å². The number of halogens is 2. The van der Waals surface area contributed by atoms with Crippen LogP contribution in [0, 0.1) is 11.7 Å². The highest BCUT2D eigenvalue weighted by molar-refractivity contribution is 6.38. The Labute approximate surface area is 170 Å². The second-order valence-corrected chi connectivity index (χ2v) is 7.59. The third kappa shape index (κ3) is 3.25. The second kappa shape index (κ2) is 7.33. The van der Waals surface area contributed by atoms with Crippen molar-refractivity contribution in [1.82, 2.24) is 10.0 Å². The van der Waals surface area contributed by atoms with Crippen LogP contribution in [0.2, 0.25) is 5.02 Å². The van der Waals surface area contributed by atoms with Crippen molar-refractivity contribution in [2.24, 2.45) is 11.7 Å². The van der Waals surface area contributed by atoms with Crippen LogP contribution < -0.4 is 21.5 Å². The molecule has 1 atom stereocenters. The number of nitrogens with zero attached hydrogens (tertiary/aromatic N) is 2. The van der Waals surface area contributed by atoms with Crippen LogP contribution in [0.3, 0.4) is 0 Å². The summed E-state index contributed by atoms with van der Waals surface area (Å²) >= 11 is 6.62. The van der Waals surface area contributed by atoms with E-state index in [1.54, 1.807) is 15.7 Å². The van der Waals surface area contributed by atoms with Gasteiger partial charge in [0, 0.05) is 37.4 Å². The van der Waals surface area contributed by atoms with Crippen molar-refractivity contribution in [3.8, 4) is 0 Å². The SMILES string of the molecule is CONC1=CN(c2c(F)cc3c(=O)c(C(=O)O)cn(C4CC4)c3c2Cl)CC1CN. The molecule has 0 spiro atoms. The number of carboxylic acid groups (broad SMARTS) is 1. The molecule has 4 N–H and O–H groups in total. The lowest BCUT2D eigenvalue weighted by atomic mass is 10.1. The maximum atomic E-state index is 15.1. The molecule has 29 heavy (non-hydrogen) atoms. The molecule has 154 valence electrons. The zero-order valence-electron chi connectivity index (χ0n) is 15.6. The highest BCUT2D eigenvalue weighted by Crippen LogP contribution is 2.43. The number of rotatable bonds is 6. The second-order valence-electron chi connectivity index (χ2n) is 7.21. The van der Waals surface area contributed by atoms with Crippen molar-refractivity contribution in [2.75, 3.05) is 25.1 Å². The standard InChI is InChI=1S/C19H20ClFN4O4/c1-29-23-14-8-24(6-9(14)5-22)17-13(21)4-11-16(15(17)20)25(10-2-3-10)7-12(18(11)26)19(27)28/h4,7-10,23H,2-3,5-6,22H2,1H3,(H,27,28). The van der Waals surface area contributed by atoms with Crippen molar-refractivity contribution in [2.45, 2.75) is 18.9 Å². The van der Waals surface area contributed by atoms with E-state index < -0.39 is 22.8 Å².